The van der Waals surface area contributed by atoms with Gasteiger partial charge in [-0.05, 0) is 57.9 Å². The number of nitrogens with zero attached hydrogens (tertiary/aromatic N) is 1. The monoisotopic (exact) mass is 268 g/mol. The lowest BCUT2D eigenvalue weighted by atomic mass is 9.98. The summed E-state index contributed by atoms with van der Waals surface area (Å²) in [5.41, 5.74) is -0.0772. The zero-order valence-corrected chi connectivity index (χ0v) is 13.0. The summed E-state index contributed by atoms with van der Waals surface area (Å²) in [5, 5.41) is 13.3. The van der Waals surface area contributed by atoms with Gasteiger partial charge in [0.2, 0.25) is 0 Å². The summed E-state index contributed by atoms with van der Waals surface area (Å²) < 4.78 is 0. The zero-order valence-electron chi connectivity index (χ0n) is 13.0. The Labute approximate surface area is 118 Å². The Morgan fingerprint density at radius 2 is 1.89 bits per heavy atom. The molecule has 19 heavy (non-hydrogen) atoms. The van der Waals surface area contributed by atoms with E-state index in [1.165, 1.54) is 38.6 Å². The van der Waals surface area contributed by atoms with Gasteiger partial charge in [0, 0.05) is 24.2 Å². The van der Waals surface area contributed by atoms with Crippen molar-refractivity contribution in [3.63, 3.8) is 0 Å². The van der Waals surface area contributed by atoms with Crippen LogP contribution in [0.5, 0.6) is 0 Å². The number of hydrogen-bond donors (Lipinski definition) is 2. The minimum atomic E-state index is -0.0772. The lowest BCUT2D eigenvalue weighted by molar-refractivity contribution is 0.139. The Morgan fingerprint density at radius 1 is 1.21 bits per heavy atom. The predicted octanol–water partition coefficient (Wildman–Crippen LogP) is 2.39. The molecule has 0 saturated heterocycles. The number of hydrogen-bond acceptors (Lipinski definition) is 3. The van der Waals surface area contributed by atoms with E-state index in [-0.39, 0.29) is 12.1 Å². The molecule has 3 nitrogen and oxygen atoms in total. The van der Waals surface area contributed by atoms with Gasteiger partial charge in [0.1, 0.15) is 0 Å². The van der Waals surface area contributed by atoms with Crippen molar-refractivity contribution in [1.82, 2.24) is 10.2 Å². The van der Waals surface area contributed by atoms with E-state index in [9.17, 15) is 5.11 Å². The van der Waals surface area contributed by atoms with Crippen LogP contribution in [0, 0.1) is 5.92 Å². The van der Waals surface area contributed by atoms with Gasteiger partial charge in [0.15, 0.2) is 0 Å². The molecule has 0 aromatic heterocycles. The molecule has 2 aliphatic rings. The van der Waals surface area contributed by atoms with Crippen molar-refractivity contribution in [3.8, 4) is 0 Å². The van der Waals surface area contributed by atoms with Crippen LogP contribution in [0.1, 0.15) is 59.3 Å². The summed E-state index contributed by atoms with van der Waals surface area (Å²) in [6.45, 7) is 9.40. The largest absolute Gasteiger partial charge is 0.394 e. The molecule has 0 amide bonds. The normalized spacial score (nSPS) is 23.1. The maximum atomic E-state index is 9.67. The topological polar surface area (TPSA) is 35.5 Å². The van der Waals surface area contributed by atoms with E-state index < -0.39 is 0 Å². The molecule has 0 heterocycles. The smallest absolute Gasteiger partial charge is 0.0611 e. The third-order valence-electron chi connectivity index (χ3n) is 4.49. The first-order valence-corrected chi connectivity index (χ1v) is 8.15. The second kappa shape index (κ2) is 6.55. The molecule has 0 aliphatic heterocycles. The molecule has 1 atom stereocenters. The Bertz CT molecular complexity index is 274. The van der Waals surface area contributed by atoms with Crippen LogP contribution >= 0.6 is 0 Å². The molecule has 0 aromatic rings. The van der Waals surface area contributed by atoms with Gasteiger partial charge in [0.05, 0.1) is 6.61 Å². The van der Waals surface area contributed by atoms with Crippen LogP contribution in [0.4, 0.5) is 0 Å². The van der Waals surface area contributed by atoms with Crippen molar-refractivity contribution in [1.29, 1.82) is 0 Å². The second-order valence-electron chi connectivity index (χ2n) is 7.34. The molecule has 112 valence electrons. The fraction of sp³-hybridized carbons (Fsp3) is 1.00. The summed E-state index contributed by atoms with van der Waals surface area (Å²) >= 11 is 0. The van der Waals surface area contributed by atoms with E-state index in [0.717, 1.165) is 24.9 Å². The minimum absolute atomic E-state index is 0.0772. The van der Waals surface area contributed by atoms with Crippen LogP contribution in [-0.2, 0) is 0 Å². The number of rotatable bonds is 10. The fourth-order valence-corrected chi connectivity index (χ4v) is 2.65. The molecule has 0 spiro atoms. The third-order valence-corrected chi connectivity index (χ3v) is 4.49. The van der Waals surface area contributed by atoms with E-state index in [0.29, 0.717) is 6.04 Å². The van der Waals surface area contributed by atoms with Gasteiger partial charge in [-0.25, -0.2) is 0 Å². The fourth-order valence-electron chi connectivity index (χ4n) is 2.65. The average molecular weight is 268 g/mol. The quantitative estimate of drug-likeness (QED) is 0.638. The van der Waals surface area contributed by atoms with Gasteiger partial charge in [-0.2, -0.15) is 0 Å². The Hall–Kier alpha value is -0.120. The molecule has 2 rings (SSSR count). The second-order valence-corrected chi connectivity index (χ2v) is 7.34. The van der Waals surface area contributed by atoms with Gasteiger partial charge in [0.25, 0.3) is 0 Å². The minimum Gasteiger partial charge on any atom is -0.394 e. The molecule has 0 bridgehead atoms. The van der Waals surface area contributed by atoms with Crippen LogP contribution < -0.4 is 5.32 Å². The first kappa shape index (κ1) is 15.3. The molecule has 0 aromatic carbocycles. The van der Waals surface area contributed by atoms with E-state index in [2.05, 4.69) is 31.0 Å². The standard InChI is InChI=1S/C16H32N2O/c1-13(2)8-10-18(15-6-7-15)11-9-16(3,12-19)17-14-4-5-14/h13-15,17,19H,4-12H2,1-3H3. The first-order chi connectivity index (χ1) is 9.02. The van der Waals surface area contributed by atoms with Crippen molar-refractivity contribution in [3.05, 3.63) is 0 Å². The molecule has 2 N–H and O–H groups in total. The highest BCUT2D eigenvalue weighted by Gasteiger charge is 2.34. The third kappa shape index (κ3) is 5.41. The maximum Gasteiger partial charge on any atom is 0.0611 e. The summed E-state index contributed by atoms with van der Waals surface area (Å²) in [6.07, 6.45) is 7.69. The van der Waals surface area contributed by atoms with Gasteiger partial charge >= 0.3 is 0 Å². The highest BCUT2D eigenvalue weighted by molar-refractivity contribution is 4.94. The van der Waals surface area contributed by atoms with Crippen molar-refractivity contribution >= 4 is 0 Å². The summed E-state index contributed by atoms with van der Waals surface area (Å²) in [7, 11) is 0. The molecule has 1 unspecified atom stereocenters. The Morgan fingerprint density at radius 3 is 2.37 bits per heavy atom. The van der Waals surface area contributed by atoms with Crippen molar-refractivity contribution in [2.75, 3.05) is 19.7 Å². The highest BCUT2D eigenvalue weighted by atomic mass is 16.3. The van der Waals surface area contributed by atoms with Crippen LogP contribution in [0.25, 0.3) is 0 Å². The van der Waals surface area contributed by atoms with Crippen molar-refractivity contribution in [2.24, 2.45) is 5.92 Å². The molecule has 2 fully saturated rings. The number of nitrogens with one attached hydrogen (secondary N) is 1. The molecule has 0 radical (unpaired) electrons. The maximum absolute atomic E-state index is 9.67. The van der Waals surface area contributed by atoms with Crippen LogP contribution in [0.15, 0.2) is 0 Å². The molecule has 2 aliphatic carbocycles. The first-order valence-electron chi connectivity index (χ1n) is 8.15. The lowest BCUT2D eigenvalue weighted by Crippen LogP contribution is -2.49. The van der Waals surface area contributed by atoms with Crippen molar-refractivity contribution in [2.45, 2.75) is 76.9 Å². The van der Waals surface area contributed by atoms with Gasteiger partial charge in [-0.1, -0.05) is 13.8 Å². The predicted molar refractivity (Wildman–Crippen MR) is 80.3 cm³/mol. The van der Waals surface area contributed by atoms with E-state index >= 15 is 0 Å². The summed E-state index contributed by atoms with van der Waals surface area (Å²) in [6, 6.07) is 1.50. The average Bonchev–Trinajstić information content (AvgIpc) is 3.22. The summed E-state index contributed by atoms with van der Waals surface area (Å²) in [5.74, 6) is 0.787. The van der Waals surface area contributed by atoms with Crippen LogP contribution in [-0.4, -0.2) is 47.3 Å². The van der Waals surface area contributed by atoms with Crippen molar-refractivity contribution < 1.29 is 5.11 Å². The molecular formula is C16H32N2O. The molecular weight excluding hydrogens is 236 g/mol. The van der Waals surface area contributed by atoms with Crippen LogP contribution in [0.3, 0.4) is 0 Å². The Balaban J connectivity index is 1.75. The Kier molecular flexibility index (Phi) is 5.27. The van der Waals surface area contributed by atoms with Gasteiger partial charge in [-0.15, -0.1) is 0 Å². The van der Waals surface area contributed by atoms with E-state index in [4.69, 9.17) is 0 Å². The number of aliphatic hydroxyl groups excluding tert-OH is 1. The van der Waals surface area contributed by atoms with E-state index in [1.807, 2.05) is 0 Å². The van der Waals surface area contributed by atoms with Gasteiger partial charge in [-0.3, -0.25) is 0 Å². The zero-order chi connectivity index (χ0) is 13.9. The molecule has 3 heteroatoms. The molecule has 2 saturated carbocycles. The highest BCUT2D eigenvalue weighted by Crippen LogP contribution is 2.29. The van der Waals surface area contributed by atoms with Crippen LogP contribution in [0.2, 0.25) is 0 Å². The van der Waals surface area contributed by atoms with Gasteiger partial charge < -0.3 is 15.3 Å². The van der Waals surface area contributed by atoms with E-state index in [1.54, 1.807) is 0 Å². The SMILES string of the molecule is CC(C)CCN(CCC(C)(CO)NC1CC1)C1CC1. The number of aliphatic hydroxyl groups is 1. The lowest BCUT2D eigenvalue weighted by Gasteiger charge is -2.32. The summed E-state index contributed by atoms with van der Waals surface area (Å²) in [4.78, 5) is 2.66.